The van der Waals surface area contributed by atoms with Gasteiger partial charge in [-0.2, -0.15) is 0 Å². The molecular weight excluding hydrogens is 327 g/mol. The first-order chi connectivity index (χ1) is 10.4. The highest BCUT2D eigenvalue weighted by atomic mass is 35.5. The maximum atomic E-state index is 12.3. The molecule has 0 aromatic heterocycles. The van der Waals surface area contributed by atoms with Gasteiger partial charge in [0.15, 0.2) is 0 Å². The van der Waals surface area contributed by atoms with Crippen LogP contribution in [0.2, 0.25) is 10.0 Å². The Balaban J connectivity index is 2.00. The molecule has 22 heavy (non-hydrogen) atoms. The average Bonchev–Trinajstić information content (AvgIpc) is 2.81. The highest BCUT2D eigenvalue weighted by Gasteiger charge is 2.30. The van der Waals surface area contributed by atoms with Crippen molar-refractivity contribution < 1.29 is 14.3 Å². The van der Waals surface area contributed by atoms with E-state index in [1.807, 2.05) is 0 Å². The number of benzene rings is 1. The van der Waals surface area contributed by atoms with Crippen LogP contribution in [0.15, 0.2) is 12.1 Å². The van der Waals surface area contributed by atoms with Crippen LogP contribution in [0.5, 0.6) is 0 Å². The minimum absolute atomic E-state index is 0.0160. The summed E-state index contributed by atoms with van der Waals surface area (Å²) in [4.78, 5) is 25.8. The van der Waals surface area contributed by atoms with E-state index in [1.54, 1.807) is 31.1 Å². The van der Waals surface area contributed by atoms with Crippen molar-refractivity contribution in [3.63, 3.8) is 0 Å². The second-order valence-corrected chi connectivity index (χ2v) is 6.09. The topological polar surface area (TPSA) is 58.6 Å². The summed E-state index contributed by atoms with van der Waals surface area (Å²) in [5.74, 6) is -0.266. The van der Waals surface area contributed by atoms with Crippen LogP contribution in [0.4, 0.5) is 0 Å². The Morgan fingerprint density at radius 1 is 1.41 bits per heavy atom. The number of carbonyl (C=O) groups excluding carboxylic acids is 2. The van der Waals surface area contributed by atoms with Gasteiger partial charge in [0, 0.05) is 42.2 Å². The zero-order valence-electron chi connectivity index (χ0n) is 12.5. The van der Waals surface area contributed by atoms with Gasteiger partial charge < -0.3 is 15.0 Å². The molecule has 0 spiro atoms. The van der Waals surface area contributed by atoms with Gasteiger partial charge in [-0.15, -0.1) is 0 Å². The Morgan fingerprint density at radius 2 is 2.05 bits per heavy atom. The molecule has 2 amide bonds. The molecule has 0 saturated carbocycles. The van der Waals surface area contributed by atoms with E-state index >= 15 is 0 Å². The number of amides is 2. The number of hydrogen-bond donors (Lipinski definition) is 1. The number of nitrogens with one attached hydrogen (secondary N) is 1. The number of likely N-dealkylation sites (tertiary alicyclic amines) is 1. The van der Waals surface area contributed by atoms with Gasteiger partial charge in [-0.05, 0) is 24.6 Å². The number of hydrogen-bond acceptors (Lipinski definition) is 3. The summed E-state index contributed by atoms with van der Waals surface area (Å²) in [6, 6.07) is 2.95. The summed E-state index contributed by atoms with van der Waals surface area (Å²) >= 11 is 12.1. The van der Waals surface area contributed by atoms with Gasteiger partial charge in [0.2, 0.25) is 5.91 Å². The molecule has 1 aliphatic rings. The molecular formula is C15H18Cl2N2O3. The molecule has 1 heterocycles. The molecule has 1 atom stereocenters. The molecule has 0 bridgehead atoms. The molecule has 0 aliphatic carbocycles. The van der Waals surface area contributed by atoms with E-state index in [9.17, 15) is 9.59 Å². The maximum absolute atomic E-state index is 12.3. The summed E-state index contributed by atoms with van der Waals surface area (Å²) in [5, 5.41) is 3.74. The van der Waals surface area contributed by atoms with E-state index in [4.69, 9.17) is 27.9 Å². The summed E-state index contributed by atoms with van der Waals surface area (Å²) < 4.78 is 4.96. The molecule has 7 heteroatoms. The lowest BCUT2D eigenvalue weighted by atomic mass is 10.1. The molecule has 1 aromatic carbocycles. The fourth-order valence-electron chi connectivity index (χ4n) is 2.33. The van der Waals surface area contributed by atoms with E-state index < -0.39 is 0 Å². The van der Waals surface area contributed by atoms with Crippen molar-refractivity contribution in [2.24, 2.45) is 0 Å². The highest BCUT2D eigenvalue weighted by Crippen LogP contribution is 2.25. The lowest BCUT2D eigenvalue weighted by Gasteiger charge is -2.16. The normalized spacial score (nSPS) is 17.9. The first kappa shape index (κ1) is 17.1. The number of ether oxygens (including phenoxy) is 1. The van der Waals surface area contributed by atoms with Gasteiger partial charge >= 0.3 is 0 Å². The summed E-state index contributed by atoms with van der Waals surface area (Å²) in [7, 11) is 1.59. The summed E-state index contributed by atoms with van der Waals surface area (Å²) in [5.41, 5.74) is 1.13. The third-order valence-electron chi connectivity index (χ3n) is 3.66. The van der Waals surface area contributed by atoms with Crippen molar-refractivity contribution in [2.45, 2.75) is 19.4 Å². The van der Waals surface area contributed by atoms with Gasteiger partial charge in [0.1, 0.15) is 0 Å². The second kappa shape index (κ2) is 7.31. The van der Waals surface area contributed by atoms with Crippen molar-refractivity contribution in [1.82, 2.24) is 10.2 Å². The van der Waals surface area contributed by atoms with Gasteiger partial charge in [-0.25, -0.2) is 0 Å². The number of rotatable bonds is 5. The van der Waals surface area contributed by atoms with Crippen LogP contribution in [0.25, 0.3) is 0 Å². The molecule has 0 radical (unpaired) electrons. The van der Waals surface area contributed by atoms with Crippen molar-refractivity contribution in [3.8, 4) is 0 Å². The lowest BCUT2D eigenvalue weighted by molar-refractivity contribution is -0.128. The van der Waals surface area contributed by atoms with E-state index in [-0.39, 0.29) is 17.9 Å². The van der Waals surface area contributed by atoms with Gasteiger partial charge in [0.05, 0.1) is 12.6 Å². The minimum atomic E-state index is -0.282. The zero-order chi connectivity index (χ0) is 16.3. The Hall–Kier alpha value is -1.30. The number of halogens is 2. The van der Waals surface area contributed by atoms with Crippen LogP contribution >= 0.6 is 23.2 Å². The van der Waals surface area contributed by atoms with Crippen LogP contribution in [0.1, 0.15) is 22.3 Å². The molecule has 0 unspecified atom stereocenters. The Labute approximate surface area is 139 Å². The Morgan fingerprint density at radius 3 is 2.64 bits per heavy atom. The molecule has 1 aliphatic heterocycles. The minimum Gasteiger partial charge on any atom is -0.383 e. The lowest BCUT2D eigenvalue weighted by Crippen LogP contribution is -2.37. The predicted molar refractivity (Wildman–Crippen MR) is 85.5 cm³/mol. The molecule has 1 fully saturated rings. The number of carbonyl (C=O) groups is 2. The predicted octanol–water partition coefficient (Wildman–Crippen LogP) is 2.28. The quantitative estimate of drug-likeness (QED) is 0.891. The standard InChI is InChI=1S/C15H18Cl2N2O3/c1-9-12(16)5-10(6-13(9)17)15(21)18-11-7-14(20)19(8-11)3-4-22-2/h5-6,11H,3-4,7-8H2,1-2H3,(H,18,21)/t11-/m1/s1. The van der Waals surface area contributed by atoms with Gasteiger partial charge in [0.25, 0.3) is 5.91 Å². The molecule has 5 nitrogen and oxygen atoms in total. The van der Waals surface area contributed by atoms with Crippen molar-refractivity contribution in [2.75, 3.05) is 26.8 Å². The first-order valence-corrected chi connectivity index (χ1v) is 7.71. The highest BCUT2D eigenvalue weighted by molar-refractivity contribution is 6.36. The Kier molecular flexibility index (Phi) is 5.67. The zero-order valence-corrected chi connectivity index (χ0v) is 14.0. The third-order valence-corrected chi connectivity index (χ3v) is 4.44. The van der Waals surface area contributed by atoms with Gasteiger partial charge in [-0.3, -0.25) is 9.59 Å². The first-order valence-electron chi connectivity index (χ1n) is 6.95. The summed E-state index contributed by atoms with van der Waals surface area (Å²) in [6.45, 7) is 3.29. The Bertz CT molecular complexity index is 569. The molecule has 2 rings (SSSR count). The molecule has 1 N–H and O–H groups in total. The monoisotopic (exact) mass is 344 g/mol. The van der Waals surface area contributed by atoms with E-state index in [0.29, 0.717) is 41.7 Å². The summed E-state index contributed by atoms with van der Waals surface area (Å²) in [6.07, 6.45) is 0.294. The maximum Gasteiger partial charge on any atom is 0.251 e. The van der Waals surface area contributed by atoms with Crippen molar-refractivity contribution in [1.29, 1.82) is 0 Å². The molecule has 1 saturated heterocycles. The van der Waals surface area contributed by atoms with Crippen LogP contribution in [-0.4, -0.2) is 49.6 Å². The van der Waals surface area contributed by atoms with Crippen LogP contribution in [0, 0.1) is 6.92 Å². The fraction of sp³-hybridized carbons (Fsp3) is 0.467. The third kappa shape index (κ3) is 3.91. The second-order valence-electron chi connectivity index (χ2n) is 5.27. The number of nitrogens with zero attached hydrogens (tertiary/aromatic N) is 1. The smallest absolute Gasteiger partial charge is 0.251 e. The SMILES string of the molecule is COCCN1C[C@H](NC(=O)c2cc(Cl)c(C)c(Cl)c2)CC1=O. The van der Waals surface area contributed by atoms with E-state index in [0.717, 1.165) is 5.56 Å². The van der Waals surface area contributed by atoms with Gasteiger partial charge in [-0.1, -0.05) is 23.2 Å². The largest absolute Gasteiger partial charge is 0.383 e. The van der Waals surface area contributed by atoms with E-state index in [1.165, 1.54) is 0 Å². The van der Waals surface area contributed by atoms with Crippen LogP contribution in [-0.2, 0) is 9.53 Å². The van der Waals surface area contributed by atoms with Crippen molar-refractivity contribution in [3.05, 3.63) is 33.3 Å². The average molecular weight is 345 g/mol. The van der Waals surface area contributed by atoms with Crippen LogP contribution in [0.3, 0.4) is 0 Å². The molecule has 1 aromatic rings. The fourth-order valence-corrected chi connectivity index (χ4v) is 2.82. The molecule has 120 valence electrons. The van der Waals surface area contributed by atoms with Crippen LogP contribution < -0.4 is 5.32 Å². The van der Waals surface area contributed by atoms with Crippen molar-refractivity contribution >= 4 is 35.0 Å². The number of methoxy groups -OCH3 is 1. The van der Waals surface area contributed by atoms with E-state index in [2.05, 4.69) is 5.32 Å².